The fourth-order valence-corrected chi connectivity index (χ4v) is 2.80. The summed E-state index contributed by atoms with van der Waals surface area (Å²) in [5, 5.41) is 0.714. The van der Waals surface area contributed by atoms with Gasteiger partial charge in [0.25, 0.3) is 5.56 Å². The molecule has 0 amide bonds. The molecular formula is C14H15ClN2OS. The summed E-state index contributed by atoms with van der Waals surface area (Å²) < 4.78 is 0. The molecule has 0 fully saturated rings. The van der Waals surface area contributed by atoms with Gasteiger partial charge in [0.15, 0.2) is 0 Å². The molecule has 2 aromatic rings. The molecule has 19 heavy (non-hydrogen) atoms. The van der Waals surface area contributed by atoms with Gasteiger partial charge < -0.3 is 4.98 Å². The van der Waals surface area contributed by atoms with Crippen LogP contribution in [0.1, 0.15) is 24.9 Å². The number of thioether (sulfide) groups is 1. The minimum Gasteiger partial charge on any atom is -0.310 e. The van der Waals surface area contributed by atoms with Crippen LogP contribution in [-0.4, -0.2) is 9.97 Å². The predicted molar refractivity (Wildman–Crippen MR) is 79.9 cm³/mol. The summed E-state index contributed by atoms with van der Waals surface area (Å²) in [5.41, 5.74) is 0.771. The number of halogens is 1. The Morgan fingerprint density at radius 3 is 2.95 bits per heavy atom. The number of rotatable bonds is 5. The first-order valence-corrected chi connectivity index (χ1v) is 7.51. The lowest BCUT2D eigenvalue weighted by molar-refractivity contribution is 0.845. The van der Waals surface area contributed by atoms with Crippen LogP contribution >= 0.6 is 23.4 Å². The Bertz CT molecular complexity index is 612. The first kappa shape index (κ1) is 14.2. The molecule has 0 atom stereocenters. The van der Waals surface area contributed by atoms with Gasteiger partial charge in [0, 0.05) is 21.7 Å². The molecule has 0 saturated carbocycles. The minimum atomic E-state index is -0.0832. The number of hydrogen-bond acceptors (Lipinski definition) is 3. The molecule has 0 unspecified atom stereocenters. The first-order chi connectivity index (χ1) is 9.17. The Morgan fingerprint density at radius 2 is 2.21 bits per heavy atom. The third kappa shape index (κ3) is 4.40. The highest BCUT2D eigenvalue weighted by Crippen LogP contribution is 2.23. The van der Waals surface area contributed by atoms with Crippen LogP contribution in [0.4, 0.5) is 0 Å². The van der Waals surface area contributed by atoms with E-state index in [0.29, 0.717) is 16.6 Å². The van der Waals surface area contributed by atoms with Gasteiger partial charge in [0.2, 0.25) is 0 Å². The highest BCUT2D eigenvalue weighted by atomic mass is 35.5. The molecule has 0 bridgehead atoms. The van der Waals surface area contributed by atoms with E-state index in [1.165, 1.54) is 0 Å². The second-order valence-electron chi connectivity index (χ2n) is 4.18. The number of aromatic nitrogens is 2. The number of hydrogen-bond donors (Lipinski definition) is 1. The smallest absolute Gasteiger partial charge is 0.251 e. The van der Waals surface area contributed by atoms with E-state index in [0.717, 1.165) is 23.4 Å². The van der Waals surface area contributed by atoms with Crippen molar-refractivity contribution in [3.8, 4) is 0 Å². The average molecular weight is 295 g/mol. The second kappa shape index (κ2) is 6.78. The van der Waals surface area contributed by atoms with Gasteiger partial charge in [-0.1, -0.05) is 31.0 Å². The van der Waals surface area contributed by atoms with Crippen molar-refractivity contribution in [1.82, 2.24) is 9.97 Å². The fourth-order valence-electron chi connectivity index (χ4n) is 1.72. The fraction of sp³-hybridized carbons (Fsp3) is 0.286. The number of benzene rings is 1. The monoisotopic (exact) mass is 294 g/mol. The normalized spacial score (nSPS) is 10.6. The van der Waals surface area contributed by atoms with Gasteiger partial charge >= 0.3 is 0 Å². The van der Waals surface area contributed by atoms with E-state index in [9.17, 15) is 4.79 Å². The molecule has 0 aliphatic heterocycles. The molecule has 1 aromatic carbocycles. The van der Waals surface area contributed by atoms with E-state index in [2.05, 4.69) is 16.9 Å². The zero-order chi connectivity index (χ0) is 13.7. The summed E-state index contributed by atoms with van der Waals surface area (Å²) in [6.07, 6.45) is 1.82. The Balaban J connectivity index is 2.09. The zero-order valence-electron chi connectivity index (χ0n) is 10.6. The van der Waals surface area contributed by atoms with Crippen molar-refractivity contribution < 1.29 is 0 Å². The molecule has 1 heterocycles. The van der Waals surface area contributed by atoms with E-state index in [-0.39, 0.29) is 5.56 Å². The lowest BCUT2D eigenvalue weighted by Gasteiger charge is -2.04. The summed E-state index contributed by atoms with van der Waals surface area (Å²) in [6, 6.07) is 9.21. The molecule has 100 valence electrons. The standard InChI is InChI=1S/C14H15ClN2OS/c1-2-4-11-8-14(18)17-13(16-11)9-19-12-6-3-5-10(15)7-12/h3,5-8H,2,4,9H2,1H3,(H,16,17,18). The van der Waals surface area contributed by atoms with E-state index in [4.69, 9.17) is 11.6 Å². The van der Waals surface area contributed by atoms with E-state index < -0.39 is 0 Å². The molecule has 0 spiro atoms. The van der Waals surface area contributed by atoms with E-state index >= 15 is 0 Å². The topological polar surface area (TPSA) is 45.8 Å². The van der Waals surface area contributed by atoms with Gasteiger partial charge in [-0.3, -0.25) is 4.79 Å². The van der Waals surface area contributed by atoms with E-state index in [1.54, 1.807) is 17.8 Å². The second-order valence-corrected chi connectivity index (χ2v) is 5.66. The van der Waals surface area contributed by atoms with Crippen LogP contribution in [0, 0.1) is 0 Å². The van der Waals surface area contributed by atoms with Crippen LogP contribution in [0.2, 0.25) is 5.02 Å². The lowest BCUT2D eigenvalue weighted by Crippen LogP contribution is -2.12. The molecule has 0 saturated heterocycles. The SMILES string of the molecule is CCCc1cc(=O)[nH]c(CSc2cccc(Cl)c2)n1. The number of aromatic amines is 1. The van der Waals surface area contributed by atoms with Crippen molar-refractivity contribution in [2.75, 3.05) is 0 Å². The molecule has 0 aliphatic rings. The Hall–Kier alpha value is -1.26. The first-order valence-electron chi connectivity index (χ1n) is 6.15. The van der Waals surface area contributed by atoms with Crippen LogP contribution in [0.25, 0.3) is 0 Å². The largest absolute Gasteiger partial charge is 0.310 e. The van der Waals surface area contributed by atoms with Crippen LogP contribution in [0.5, 0.6) is 0 Å². The summed E-state index contributed by atoms with van der Waals surface area (Å²) in [5.74, 6) is 1.34. The Morgan fingerprint density at radius 1 is 1.37 bits per heavy atom. The van der Waals surface area contributed by atoms with Gasteiger partial charge in [-0.25, -0.2) is 4.98 Å². The molecule has 5 heteroatoms. The zero-order valence-corrected chi connectivity index (χ0v) is 12.2. The van der Waals surface area contributed by atoms with Crippen LogP contribution in [0.15, 0.2) is 40.0 Å². The van der Waals surface area contributed by atoms with Crippen molar-refractivity contribution in [3.05, 3.63) is 57.2 Å². The molecule has 1 aromatic heterocycles. The highest BCUT2D eigenvalue weighted by Gasteiger charge is 2.02. The maximum atomic E-state index is 11.5. The maximum absolute atomic E-state index is 11.5. The average Bonchev–Trinajstić information content (AvgIpc) is 2.36. The molecular weight excluding hydrogens is 280 g/mol. The van der Waals surface area contributed by atoms with Crippen LogP contribution in [0.3, 0.4) is 0 Å². The summed E-state index contributed by atoms with van der Waals surface area (Å²) in [6.45, 7) is 2.07. The summed E-state index contributed by atoms with van der Waals surface area (Å²) in [7, 11) is 0. The number of aryl methyl sites for hydroxylation is 1. The molecule has 0 radical (unpaired) electrons. The maximum Gasteiger partial charge on any atom is 0.251 e. The van der Waals surface area contributed by atoms with Gasteiger partial charge in [-0.15, -0.1) is 11.8 Å². The molecule has 2 rings (SSSR count). The molecule has 3 nitrogen and oxygen atoms in total. The summed E-state index contributed by atoms with van der Waals surface area (Å²) in [4.78, 5) is 19.8. The quantitative estimate of drug-likeness (QED) is 0.856. The van der Waals surface area contributed by atoms with Crippen LogP contribution < -0.4 is 5.56 Å². The lowest BCUT2D eigenvalue weighted by atomic mass is 10.2. The van der Waals surface area contributed by atoms with Crippen molar-refractivity contribution in [2.24, 2.45) is 0 Å². The van der Waals surface area contributed by atoms with Gasteiger partial charge in [0.1, 0.15) is 5.82 Å². The van der Waals surface area contributed by atoms with Gasteiger partial charge in [-0.2, -0.15) is 0 Å². The summed E-state index contributed by atoms with van der Waals surface area (Å²) >= 11 is 7.54. The third-order valence-corrected chi connectivity index (χ3v) is 3.76. The van der Waals surface area contributed by atoms with Gasteiger partial charge in [-0.05, 0) is 24.6 Å². The molecule has 1 N–H and O–H groups in total. The molecule has 0 aliphatic carbocycles. The number of H-pyrrole nitrogens is 1. The van der Waals surface area contributed by atoms with Crippen LogP contribution in [-0.2, 0) is 12.2 Å². The van der Waals surface area contributed by atoms with Crippen molar-refractivity contribution in [3.63, 3.8) is 0 Å². The van der Waals surface area contributed by atoms with Crippen molar-refractivity contribution >= 4 is 23.4 Å². The number of nitrogens with zero attached hydrogens (tertiary/aromatic N) is 1. The van der Waals surface area contributed by atoms with Gasteiger partial charge in [0.05, 0.1) is 5.75 Å². The highest BCUT2D eigenvalue weighted by molar-refractivity contribution is 7.98. The van der Waals surface area contributed by atoms with E-state index in [1.807, 2.05) is 24.3 Å². The van der Waals surface area contributed by atoms with Crippen molar-refractivity contribution in [1.29, 1.82) is 0 Å². The third-order valence-electron chi connectivity index (χ3n) is 2.52. The predicted octanol–water partition coefficient (Wildman–Crippen LogP) is 3.67. The Labute approximate surface area is 121 Å². The number of nitrogens with one attached hydrogen (secondary N) is 1. The van der Waals surface area contributed by atoms with Crippen molar-refractivity contribution in [2.45, 2.75) is 30.4 Å². The Kier molecular flexibility index (Phi) is 5.05. The minimum absolute atomic E-state index is 0.0832.